The maximum Gasteiger partial charge on any atom is 0.314 e. The van der Waals surface area contributed by atoms with Gasteiger partial charge in [0.2, 0.25) is 5.91 Å². The van der Waals surface area contributed by atoms with Crippen molar-refractivity contribution in [1.82, 2.24) is 9.97 Å². The van der Waals surface area contributed by atoms with Gasteiger partial charge in [-0.2, -0.15) is 0 Å². The summed E-state index contributed by atoms with van der Waals surface area (Å²) >= 11 is 0. The van der Waals surface area contributed by atoms with Crippen molar-refractivity contribution < 1.29 is 14.7 Å². The summed E-state index contributed by atoms with van der Waals surface area (Å²) in [6.45, 7) is 0. The fraction of sp³-hybridized carbons (Fsp3) is 0.231. The van der Waals surface area contributed by atoms with Crippen LogP contribution < -0.4 is 16.4 Å². The lowest BCUT2D eigenvalue weighted by Crippen LogP contribution is -2.28. The summed E-state index contributed by atoms with van der Waals surface area (Å²) in [5.41, 5.74) is -0.290. The van der Waals surface area contributed by atoms with Crippen molar-refractivity contribution in [2.75, 3.05) is 5.32 Å². The van der Waals surface area contributed by atoms with Gasteiger partial charge in [0.1, 0.15) is 0 Å². The number of rotatable bonds is 3. The highest BCUT2D eigenvalue weighted by atomic mass is 16.4. The zero-order valence-corrected chi connectivity index (χ0v) is 10.7. The number of H-pyrrole nitrogens is 2. The van der Waals surface area contributed by atoms with Crippen LogP contribution in [0, 0.1) is 11.8 Å². The number of carboxylic acid groups (broad SMARTS) is 1. The molecule has 3 rings (SSSR count). The molecule has 21 heavy (non-hydrogen) atoms. The van der Waals surface area contributed by atoms with Gasteiger partial charge in [-0.15, -0.1) is 0 Å². The summed E-state index contributed by atoms with van der Waals surface area (Å²) < 4.78 is 0. The summed E-state index contributed by atoms with van der Waals surface area (Å²) in [6, 6.07) is 4.61. The molecule has 4 N–H and O–H groups in total. The van der Waals surface area contributed by atoms with Crippen molar-refractivity contribution in [2.24, 2.45) is 11.8 Å². The van der Waals surface area contributed by atoms with Crippen LogP contribution >= 0.6 is 0 Å². The zero-order chi connectivity index (χ0) is 15.1. The van der Waals surface area contributed by atoms with Crippen LogP contribution in [0.25, 0.3) is 11.0 Å². The quantitative estimate of drug-likeness (QED) is 0.584. The Balaban J connectivity index is 1.84. The van der Waals surface area contributed by atoms with Crippen LogP contribution in [0.15, 0.2) is 27.8 Å². The Labute approximate surface area is 116 Å². The van der Waals surface area contributed by atoms with Crippen molar-refractivity contribution >= 4 is 28.6 Å². The molecule has 2 aromatic rings. The molecule has 0 aliphatic heterocycles. The molecule has 1 amide bonds. The second-order valence-electron chi connectivity index (χ2n) is 4.94. The molecule has 0 saturated heterocycles. The number of aliphatic carboxylic acids is 1. The molecule has 2 atom stereocenters. The lowest BCUT2D eigenvalue weighted by atomic mass is 10.2. The van der Waals surface area contributed by atoms with Gasteiger partial charge in [0.25, 0.3) is 0 Å². The molecule has 1 aliphatic carbocycles. The normalized spacial score (nSPS) is 20.2. The largest absolute Gasteiger partial charge is 0.481 e. The Hall–Kier alpha value is -2.90. The third kappa shape index (κ3) is 2.42. The van der Waals surface area contributed by atoms with Gasteiger partial charge in [-0.1, -0.05) is 0 Å². The lowest BCUT2D eigenvalue weighted by molar-refractivity contribution is -0.139. The number of amides is 1. The predicted octanol–water partition coefficient (Wildman–Crippen LogP) is -0.124. The van der Waals surface area contributed by atoms with Crippen LogP contribution in [-0.2, 0) is 9.59 Å². The lowest BCUT2D eigenvalue weighted by Gasteiger charge is -2.05. The number of nitrogens with one attached hydrogen (secondary N) is 3. The van der Waals surface area contributed by atoms with Gasteiger partial charge in [-0.05, 0) is 24.6 Å². The van der Waals surface area contributed by atoms with Gasteiger partial charge in [0.05, 0.1) is 22.9 Å². The number of aromatic amines is 2. The molecule has 0 bridgehead atoms. The average Bonchev–Trinajstić information content (AvgIpc) is 3.21. The van der Waals surface area contributed by atoms with E-state index < -0.39 is 28.9 Å². The Kier molecular flexibility index (Phi) is 2.86. The van der Waals surface area contributed by atoms with Crippen molar-refractivity contribution in [3.63, 3.8) is 0 Å². The minimum absolute atomic E-state index is 0.332. The van der Waals surface area contributed by atoms with Crippen LogP contribution in [0.2, 0.25) is 0 Å². The topological polar surface area (TPSA) is 132 Å². The van der Waals surface area contributed by atoms with E-state index in [4.69, 9.17) is 5.11 Å². The van der Waals surface area contributed by atoms with Crippen molar-refractivity contribution in [2.45, 2.75) is 6.42 Å². The highest BCUT2D eigenvalue weighted by Crippen LogP contribution is 2.39. The van der Waals surface area contributed by atoms with Gasteiger partial charge >= 0.3 is 17.1 Å². The number of aromatic nitrogens is 2. The van der Waals surface area contributed by atoms with Gasteiger partial charge in [0.15, 0.2) is 0 Å². The number of benzene rings is 1. The van der Waals surface area contributed by atoms with E-state index in [9.17, 15) is 19.2 Å². The van der Waals surface area contributed by atoms with Crippen LogP contribution in [0.1, 0.15) is 6.42 Å². The Morgan fingerprint density at radius 1 is 1.10 bits per heavy atom. The minimum Gasteiger partial charge on any atom is -0.481 e. The summed E-state index contributed by atoms with van der Waals surface area (Å²) in [5, 5.41) is 11.4. The molecule has 0 unspecified atom stereocenters. The minimum atomic E-state index is -0.976. The fourth-order valence-corrected chi connectivity index (χ4v) is 2.19. The molecule has 1 fully saturated rings. The smallest absolute Gasteiger partial charge is 0.314 e. The van der Waals surface area contributed by atoms with Crippen LogP contribution in [0.3, 0.4) is 0 Å². The van der Waals surface area contributed by atoms with E-state index in [0.29, 0.717) is 23.1 Å². The molecule has 1 aromatic heterocycles. The maximum atomic E-state index is 11.8. The molecule has 1 aliphatic rings. The number of anilines is 1. The average molecular weight is 289 g/mol. The third-order valence-electron chi connectivity index (χ3n) is 3.43. The third-order valence-corrected chi connectivity index (χ3v) is 3.43. The molecule has 1 heterocycles. The molecule has 0 radical (unpaired) electrons. The SMILES string of the molecule is O=C(O)[C@H]1C[C@H]1C(=O)Nc1ccc2[nH]c(=O)c(=O)[nH]c2c1. The summed E-state index contributed by atoms with van der Waals surface area (Å²) in [7, 11) is 0. The van der Waals surface area contributed by atoms with E-state index in [-0.39, 0.29) is 5.91 Å². The number of carboxylic acids is 1. The van der Waals surface area contributed by atoms with E-state index in [1.807, 2.05) is 0 Å². The van der Waals surface area contributed by atoms with E-state index in [1.165, 1.54) is 6.07 Å². The van der Waals surface area contributed by atoms with Gasteiger partial charge < -0.3 is 20.4 Å². The predicted molar refractivity (Wildman–Crippen MR) is 73.1 cm³/mol. The molecule has 108 valence electrons. The Bertz CT molecular complexity index is 866. The molecule has 8 nitrogen and oxygen atoms in total. The number of hydrogen-bond acceptors (Lipinski definition) is 4. The highest BCUT2D eigenvalue weighted by Gasteiger charge is 2.48. The van der Waals surface area contributed by atoms with E-state index in [1.54, 1.807) is 12.1 Å². The Morgan fingerprint density at radius 3 is 2.38 bits per heavy atom. The maximum absolute atomic E-state index is 11.8. The van der Waals surface area contributed by atoms with Crippen LogP contribution in [-0.4, -0.2) is 27.0 Å². The van der Waals surface area contributed by atoms with Crippen LogP contribution in [0.4, 0.5) is 5.69 Å². The monoisotopic (exact) mass is 289 g/mol. The highest BCUT2D eigenvalue weighted by molar-refractivity contribution is 5.99. The molecule has 8 heteroatoms. The van der Waals surface area contributed by atoms with Crippen molar-refractivity contribution in [1.29, 1.82) is 0 Å². The van der Waals surface area contributed by atoms with E-state index >= 15 is 0 Å². The zero-order valence-electron chi connectivity index (χ0n) is 10.7. The first kappa shape index (κ1) is 13.1. The fourth-order valence-electron chi connectivity index (χ4n) is 2.19. The first-order valence-electron chi connectivity index (χ1n) is 6.26. The second kappa shape index (κ2) is 4.58. The van der Waals surface area contributed by atoms with Gasteiger partial charge in [0, 0.05) is 5.69 Å². The number of hydrogen-bond donors (Lipinski definition) is 4. The standard InChI is InChI=1S/C13H11N3O5/c17-10(6-4-7(6)13(20)21)14-5-1-2-8-9(3-5)16-12(19)11(18)15-8/h1-3,6-7H,4H2,(H,14,17)(H,15,18)(H,16,19)(H,20,21)/t6-,7+/m1/s1. The number of carbonyl (C=O) groups is 2. The van der Waals surface area contributed by atoms with Crippen molar-refractivity contribution in [3.8, 4) is 0 Å². The molecule has 1 saturated carbocycles. The number of fused-ring (bicyclic) bond motifs is 1. The molecule has 0 spiro atoms. The Morgan fingerprint density at radius 2 is 1.76 bits per heavy atom. The van der Waals surface area contributed by atoms with E-state index in [2.05, 4.69) is 15.3 Å². The van der Waals surface area contributed by atoms with E-state index in [0.717, 1.165) is 0 Å². The summed E-state index contributed by atoms with van der Waals surface area (Å²) in [6.07, 6.45) is 0.332. The summed E-state index contributed by atoms with van der Waals surface area (Å²) in [4.78, 5) is 49.8. The van der Waals surface area contributed by atoms with Gasteiger partial charge in [-0.25, -0.2) is 0 Å². The summed E-state index contributed by atoms with van der Waals surface area (Å²) in [5.74, 6) is -2.49. The molecule has 1 aromatic carbocycles. The first-order valence-corrected chi connectivity index (χ1v) is 6.26. The molecular formula is C13H11N3O5. The molecular weight excluding hydrogens is 278 g/mol. The first-order chi connectivity index (χ1) is 9.95. The van der Waals surface area contributed by atoms with Crippen molar-refractivity contribution in [3.05, 3.63) is 38.9 Å². The second-order valence-corrected chi connectivity index (χ2v) is 4.94. The van der Waals surface area contributed by atoms with Crippen LogP contribution in [0.5, 0.6) is 0 Å². The van der Waals surface area contributed by atoms with Gasteiger partial charge in [-0.3, -0.25) is 19.2 Å². The number of carbonyl (C=O) groups excluding carboxylic acids is 1.